The fraction of sp³-hybridized carbons (Fsp3) is 0.556. The van der Waals surface area contributed by atoms with E-state index >= 15 is 0 Å². The molecule has 3 nitrogen and oxygen atoms in total. The van der Waals surface area contributed by atoms with Gasteiger partial charge in [0.25, 0.3) is 0 Å². The molecule has 1 aliphatic heterocycles. The average molecular weight is 195 g/mol. The normalized spacial score (nSPS) is 17.5. The van der Waals surface area contributed by atoms with Gasteiger partial charge < -0.3 is 4.90 Å². The van der Waals surface area contributed by atoms with Crippen LogP contribution in [0.25, 0.3) is 0 Å². The molecule has 2 rings (SSSR count). The molecule has 0 bridgehead atoms. The molecule has 0 saturated carbocycles. The Balaban J connectivity index is 2.10. The number of rotatable bonds is 1. The maximum Gasteiger partial charge on any atom is 0.125 e. The minimum absolute atomic E-state index is 0.843. The number of hydrogen-bond donors (Lipinski definition) is 0. The van der Waals surface area contributed by atoms with E-state index in [2.05, 4.69) is 14.9 Å². The molecule has 13 heavy (non-hydrogen) atoms. The summed E-state index contributed by atoms with van der Waals surface area (Å²) >= 11 is 2.01. The highest BCUT2D eigenvalue weighted by atomic mass is 32.2. The van der Waals surface area contributed by atoms with E-state index in [9.17, 15) is 0 Å². The highest BCUT2D eigenvalue weighted by molar-refractivity contribution is 7.99. The third kappa shape index (κ3) is 2.12. The Bertz CT molecular complexity index is 267. The minimum Gasteiger partial charge on any atom is -0.367 e. The third-order valence-corrected chi connectivity index (χ3v) is 3.09. The van der Waals surface area contributed by atoms with E-state index in [1.807, 2.05) is 31.1 Å². The van der Waals surface area contributed by atoms with Gasteiger partial charge >= 0.3 is 0 Å². The molecular weight excluding hydrogens is 182 g/mol. The maximum atomic E-state index is 4.19. The van der Waals surface area contributed by atoms with Crippen LogP contribution in [-0.4, -0.2) is 34.6 Å². The zero-order valence-corrected chi connectivity index (χ0v) is 8.55. The number of aromatic nitrogens is 2. The van der Waals surface area contributed by atoms with E-state index in [1.54, 1.807) is 0 Å². The van der Waals surface area contributed by atoms with Crippen LogP contribution in [0.3, 0.4) is 0 Å². The molecule has 0 aromatic carbocycles. The zero-order chi connectivity index (χ0) is 9.10. The zero-order valence-electron chi connectivity index (χ0n) is 7.73. The molecule has 1 fully saturated rings. The van der Waals surface area contributed by atoms with Crippen molar-refractivity contribution < 1.29 is 0 Å². The smallest absolute Gasteiger partial charge is 0.125 e. The Morgan fingerprint density at radius 3 is 2.46 bits per heavy atom. The Kier molecular flexibility index (Phi) is 2.68. The van der Waals surface area contributed by atoms with Crippen LogP contribution in [0.1, 0.15) is 5.82 Å². The number of hydrogen-bond acceptors (Lipinski definition) is 4. The van der Waals surface area contributed by atoms with Crippen molar-refractivity contribution in [3.63, 3.8) is 0 Å². The summed E-state index contributed by atoms with van der Waals surface area (Å²) in [5.41, 5.74) is 1.16. The topological polar surface area (TPSA) is 29.0 Å². The molecule has 2 heterocycles. The van der Waals surface area contributed by atoms with Gasteiger partial charge in [-0.2, -0.15) is 11.8 Å². The lowest BCUT2D eigenvalue weighted by molar-refractivity contribution is 0.846. The second kappa shape index (κ2) is 3.96. The first-order valence-electron chi connectivity index (χ1n) is 4.47. The van der Waals surface area contributed by atoms with Gasteiger partial charge in [-0.25, -0.2) is 9.97 Å². The highest BCUT2D eigenvalue weighted by Gasteiger charge is 2.10. The van der Waals surface area contributed by atoms with Crippen LogP contribution in [0.5, 0.6) is 0 Å². The van der Waals surface area contributed by atoms with Crippen molar-refractivity contribution in [3.05, 3.63) is 18.2 Å². The summed E-state index contributed by atoms with van der Waals surface area (Å²) < 4.78 is 0. The Labute approximate surface area is 82.6 Å². The van der Waals surface area contributed by atoms with Gasteiger partial charge in [0.05, 0.1) is 18.1 Å². The van der Waals surface area contributed by atoms with Crippen molar-refractivity contribution in [2.75, 3.05) is 29.5 Å². The standard InChI is InChI=1S/C9H13N3S/c1-8-10-6-9(7-11-8)12-2-4-13-5-3-12/h6-7H,2-5H2,1H3. The molecular formula is C9H13N3S. The Morgan fingerprint density at radius 2 is 1.85 bits per heavy atom. The lowest BCUT2D eigenvalue weighted by Crippen LogP contribution is -2.32. The van der Waals surface area contributed by atoms with Crippen molar-refractivity contribution in [3.8, 4) is 0 Å². The van der Waals surface area contributed by atoms with E-state index < -0.39 is 0 Å². The first-order valence-corrected chi connectivity index (χ1v) is 5.63. The van der Waals surface area contributed by atoms with Gasteiger partial charge in [-0.05, 0) is 6.92 Å². The fourth-order valence-electron chi connectivity index (χ4n) is 1.37. The lowest BCUT2D eigenvalue weighted by Gasteiger charge is -2.27. The number of anilines is 1. The number of aryl methyl sites for hydroxylation is 1. The van der Waals surface area contributed by atoms with Crippen LogP contribution in [0, 0.1) is 6.92 Å². The molecule has 0 radical (unpaired) electrons. The number of thioether (sulfide) groups is 1. The van der Waals surface area contributed by atoms with Crippen LogP contribution in [-0.2, 0) is 0 Å². The Morgan fingerprint density at radius 1 is 1.23 bits per heavy atom. The second-order valence-electron chi connectivity index (χ2n) is 3.09. The highest BCUT2D eigenvalue weighted by Crippen LogP contribution is 2.16. The SMILES string of the molecule is Cc1ncc(N2CCSCC2)cn1. The van der Waals surface area contributed by atoms with Crippen LogP contribution >= 0.6 is 11.8 Å². The fourth-order valence-corrected chi connectivity index (χ4v) is 2.27. The van der Waals surface area contributed by atoms with Crippen molar-refractivity contribution in [2.45, 2.75) is 6.92 Å². The minimum atomic E-state index is 0.843. The predicted octanol–water partition coefficient (Wildman–Crippen LogP) is 1.34. The van der Waals surface area contributed by atoms with Gasteiger partial charge in [-0.15, -0.1) is 0 Å². The van der Waals surface area contributed by atoms with Crippen molar-refractivity contribution in [1.82, 2.24) is 9.97 Å². The number of nitrogens with zero attached hydrogens (tertiary/aromatic N) is 3. The van der Waals surface area contributed by atoms with E-state index in [0.717, 1.165) is 24.6 Å². The van der Waals surface area contributed by atoms with Gasteiger partial charge in [0, 0.05) is 24.6 Å². The van der Waals surface area contributed by atoms with Gasteiger partial charge in [0.1, 0.15) is 5.82 Å². The molecule has 1 aromatic heterocycles. The molecule has 0 spiro atoms. The van der Waals surface area contributed by atoms with Crippen molar-refractivity contribution in [2.24, 2.45) is 0 Å². The molecule has 70 valence electrons. The van der Waals surface area contributed by atoms with Crippen LogP contribution in [0.2, 0.25) is 0 Å². The van der Waals surface area contributed by atoms with E-state index in [-0.39, 0.29) is 0 Å². The van der Waals surface area contributed by atoms with Gasteiger partial charge in [-0.3, -0.25) is 0 Å². The molecule has 0 amide bonds. The molecule has 1 aliphatic rings. The summed E-state index contributed by atoms with van der Waals surface area (Å²) in [6, 6.07) is 0. The van der Waals surface area contributed by atoms with Gasteiger partial charge in [0.15, 0.2) is 0 Å². The van der Waals surface area contributed by atoms with Crippen molar-refractivity contribution in [1.29, 1.82) is 0 Å². The van der Waals surface area contributed by atoms with Gasteiger partial charge in [-0.1, -0.05) is 0 Å². The largest absolute Gasteiger partial charge is 0.367 e. The first-order chi connectivity index (χ1) is 6.36. The summed E-state index contributed by atoms with van der Waals surface area (Å²) in [5, 5.41) is 0. The molecule has 0 N–H and O–H groups in total. The van der Waals surface area contributed by atoms with Crippen LogP contribution in [0.4, 0.5) is 5.69 Å². The van der Waals surface area contributed by atoms with E-state index in [0.29, 0.717) is 0 Å². The average Bonchev–Trinajstić information content (AvgIpc) is 2.20. The Hall–Kier alpha value is -0.770. The van der Waals surface area contributed by atoms with Crippen LogP contribution < -0.4 is 4.90 Å². The molecule has 0 aliphatic carbocycles. The summed E-state index contributed by atoms with van der Waals surface area (Å²) in [5.74, 6) is 3.28. The third-order valence-electron chi connectivity index (χ3n) is 2.14. The van der Waals surface area contributed by atoms with Crippen molar-refractivity contribution >= 4 is 17.4 Å². The van der Waals surface area contributed by atoms with Crippen LogP contribution in [0.15, 0.2) is 12.4 Å². The monoisotopic (exact) mass is 195 g/mol. The summed E-state index contributed by atoms with van der Waals surface area (Å²) in [4.78, 5) is 10.7. The van der Waals surface area contributed by atoms with E-state index in [1.165, 1.54) is 11.5 Å². The lowest BCUT2D eigenvalue weighted by atomic mass is 10.4. The van der Waals surface area contributed by atoms with Gasteiger partial charge in [0.2, 0.25) is 0 Å². The molecule has 1 saturated heterocycles. The summed E-state index contributed by atoms with van der Waals surface area (Å²) in [7, 11) is 0. The molecule has 1 aromatic rings. The second-order valence-corrected chi connectivity index (χ2v) is 4.31. The summed E-state index contributed by atoms with van der Waals surface area (Å²) in [6.45, 7) is 4.16. The first kappa shape index (κ1) is 8.81. The molecule has 4 heteroatoms. The maximum absolute atomic E-state index is 4.19. The predicted molar refractivity (Wildman–Crippen MR) is 56.3 cm³/mol. The summed E-state index contributed by atoms with van der Waals surface area (Å²) in [6.07, 6.45) is 3.83. The molecule has 0 atom stereocenters. The quantitative estimate of drug-likeness (QED) is 0.676. The molecule has 0 unspecified atom stereocenters. The van der Waals surface area contributed by atoms with E-state index in [4.69, 9.17) is 0 Å².